The molecule has 0 aliphatic carbocycles. The van der Waals surface area contributed by atoms with E-state index < -0.39 is 0 Å². The Morgan fingerprint density at radius 2 is 2.07 bits per heavy atom. The standard InChI is InChI=1S/C20H16N4O3S3/c25-17(12-28-19-23-14-5-1-2-6-15(14)29-19)22-8-9-24-18(26)16(30-20(24)27)10-13-4-3-7-21-11-13/h1-7,10-11H,8-9,12H2,(H,22,25)/b16-10-. The number of amides is 3. The Labute approximate surface area is 185 Å². The van der Waals surface area contributed by atoms with Gasteiger partial charge < -0.3 is 5.32 Å². The Hall–Kier alpha value is -2.69. The molecular weight excluding hydrogens is 440 g/mol. The topological polar surface area (TPSA) is 92.3 Å². The van der Waals surface area contributed by atoms with Crippen molar-refractivity contribution in [2.24, 2.45) is 0 Å². The Kier molecular flexibility index (Phi) is 6.46. The average Bonchev–Trinajstić information content (AvgIpc) is 3.28. The molecule has 0 saturated carbocycles. The summed E-state index contributed by atoms with van der Waals surface area (Å²) in [5.74, 6) is -0.299. The van der Waals surface area contributed by atoms with Crippen molar-refractivity contribution in [1.82, 2.24) is 20.2 Å². The van der Waals surface area contributed by atoms with Crippen LogP contribution in [0.3, 0.4) is 0 Å². The molecular formula is C20H16N4O3S3. The summed E-state index contributed by atoms with van der Waals surface area (Å²) in [5, 5.41) is 2.41. The molecule has 10 heteroatoms. The quantitative estimate of drug-likeness (QED) is 0.429. The van der Waals surface area contributed by atoms with E-state index in [1.807, 2.05) is 30.3 Å². The van der Waals surface area contributed by atoms with Crippen LogP contribution >= 0.6 is 34.9 Å². The molecule has 0 bridgehead atoms. The van der Waals surface area contributed by atoms with E-state index in [9.17, 15) is 14.4 Å². The predicted octanol–water partition coefficient (Wildman–Crippen LogP) is 3.64. The molecule has 1 aliphatic rings. The van der Waals surface area contributed by atoms with E-state index in [2.05, 4.69) is 15.3 Å². The first-order chi connectivity index (χ1) is 14.6. The van der Waals surface area contributed by atoms with Gasteiger partial charge in [0.15, 0.2) is 4.34 Å². The molecule has 1 fully saturated rings. The summed E-state index contributed by atoms with van der Waals surface area (Å²) in [6.07, 6.45) is 4.91. The average molecular weight is 457 g/mol. The van der Waals surface area contributed by atoms with Crippen LogP contribution in [0.15, 0.2) is 58.0 Å². The van der Waals surface area contributed by atoms with Crippen LogP contribution in [0.25, 0.3) is 16.3 Å². The maximum Gasteiger partial charge on any atom is 0.293 e. The van der Waals surface area contributed by atoms with E-state index in [1.54, 1.807) is 35.9 Å². The van der Waals surface area contributed by atoms with Crippen LogP contribution in [-0.2, 0) is 9.59 Å². The lowest BCUT2D eigenvalue weighted by Gasteiger charge is -2.12. The van der Waals surface area contributed by atoms with Gasteiger partial charge in [-0.15, -0.1) is 11.3 Å². The number of nitrogens with zero attached hydrogens (tertiary/aromatic N) is 3. The van der Waals surface area contributed by atoms with Crippen LogP contribution in [0.1, 0.15) is 5.56 Å². The molecule has 3 aromatic rings. The second kappa shape index (κ2) is 9.41. The fourth-order valence-corrected chi connectivity index (χ4v) is 5.47. The minimum Gasteiger partial charge on any atom is -0.354 e. The van der Waals surface area contributed by atoms with Gasteiger partial charge in [-0.1, -0.05) is 30.0 Å². The molecule has 1 saturated heterocycles. The fourth-order valence-electron chi connectivity index (χ4n) is 2.70. The third-order valence-electron chi connectivity index (χ3n) is 4.11. The summed E-state index contributed by atoms with van der Waals surface area (Å²) in [6.45, 7) is 0.337. The number of benzene rings is 1. The number of aromatic nitrogens is 2. The number of thiazole rings is 1. The van der Waals surface area contributed by atoms with Crippen LogP contribution in [-0.4, -0.2) is 50.8 Å². The first-order valence-corrected chi connectivity index (χ1v) is 11.6. The molecule has 0 unspecified atom stereocenters. The highest BCUT2D eigenvalue weighted by Gasteiger charge is 2.34. The lowest BCUT2D eigenvalue weighted by Crippen LogP contribution is -2.37. The number of pyridine rings is 1. The largest absolute Gasteiger partial charge is 0.354 e. The maximum absolute atomic E-state index is 12.5. The molecule has 3 amide bonds. The highest BCUT2D eigenvalue weighted by molar-refractivity contribution is 8.18. The summed E-state index contributed by atoms with van der Waals surface area (Å²) in [5.41, 5.74) is 1.67. The number of nitrogens with one attached hydrogen (secondary N) is 1. The van der Waals surface area contributed by atoms with Gasteiger partial charge in [-0.2, -0.15) is 0 Å². The number of thioether (sulfide) groups is 2. The molecule has 152 valence electrons. The van der Waals surface area contributed by atoms with Gasteiger partial charge in [0.2, 0.25) is 5.91 Å². The van der Waals surface area contributed by atoms with E-state index in [4.69, 9.17) is 0 Å². The highest BCUT2D eigenvalue weighted by Crippen LogP contribution is 2.32. The monoisotopic (exact) mass is 456 g/mol. The van der Waals surface area contributed by atoms with Gasteiger partial charge in [0.1, 0.15) is 0 Å². The molecule has 4 rings (SSSR count). The Morgan fingerprint density at radius 1 is 1.20 bits per heavy atom. The summed E-state index contributed by atoms with van der Waals surface area (Å²) in [6, 6.07) is 11.4. The van der Waals surface area contributed by atoms with E-state index >= 15 is 0 Å². The first kappa shape index (κ1) is 20.6. The third-order valence-corrected chi connectivity index (χ3v) is 7.20. The van der Waals surface area contributed by atoms with Gasteiger partial charge in [-0.05, 0) is 41.6 Å². The zero-order valence-corrected chi connectivity index (χ0v) is 18.1. The zero-order valence-electron chi connectivity index (χ0n) is 15.6. The smallest absolute Gasteiger partial charge is 0.293 e. The molecule has 3 heterocycles. The predicted molar refractivity (Wildman–Crippen MR) is 120 cm³/mol. The van der Waals surface area contributed by atoms with Crippen molar-refractivity contribution in [3.05, 3.63) is 59.3 Å². The van der Waals surface area contributed by atoms with Crippen LogP contribution in [0, 0.1) is 0 Å². The van der Waals surface area contributed by atoms with Crippen molar-refractivity contribution in [1.29, 1.82) is 0 Å². The second-order valence-corrected chi connectivity index (χ2v) is 9.45. The van der Waals surface area contributed by atoms with Crippen LogP contribution in [0.5, 0.6) is 0 Å². The summed E-state index contributed by atoms with van der Waals surface area (Å²) >= 11 is 3.81. The number of hydrogen-bond donors (Lipinski definition) is 1. The molecule has 1 aromatic carbocycles. The summed E-state index contributed by atoms with van der Waals surface area (Å²) < 4.78 is 1.91. The van der Waals surface area contributed by atoms with Gasteiger partial charge >= 0.3 is 0 Å². The molecule has 0 spiro atoms. The lowest BCUT2D eigenvalue weighted by molar-refractivity contribution is -0.123. The molecule has 2 aromatic heterocycles. The number of carbonyl (C=O) groups excluding carboxylic acids is 3. The molecule has 1 N–H and O–H groups in total. The maximum atomic E-state index is 12.5. The highest BCUT2D eigenvalue weighted by atomic mass is 32.2. The van der Waals surface area contributed by atoms with Gasteiger partial charge in [-0.3, -0.25) is 24.3 Å². The van der Waals surface area contributed by atoms with Gasteiger partial charge in [-0.25, -0.2) is 4.98 Å². The van der Waals surface area contributed by atoms with Gasteiger partial charge in [0, 0.05) is 25.5 Å². The van der Waals surface area contributed by atoms with Gasteiger partial charge in [0.05, 0.1) is 20.9 Å². The SMILES string of the molecule is O=C(CSc1nc2ccccc2s1)NCCN1C(=O)S/C(=C\c2cccnc2)C1=O. The number of para-hydroxylation sites is 1. The van der Waals surface area contributed by atoms with Crippen LogP contribution < -0.4 is 5.32 Å². The number of hydrogen-bond acceptors (Lipinski definition) is 8. The van der Waals surface area contributed by atoms with Crippen molar-refractivity contribution >= 4 is 68.2 Å². The van der Waals surface area contributed by atoms with E-state index in [1.165, 1.54) is 11.8 Å². The second-order valence-electron chi connectivity index (χ2n) is 6.21. The van der Waals surface area contributed by atoms with Crippen LogP contribution in [0.2, 0.25) is 0 Å². The van der Waals surface area contributed by atoms with Crippen molar-refractivity contribution < 1.29 is 14.4 Å². The number of rotatable bonds is 7. The summed E-state index contributed by atoms with van der Waals surface area (Å²) in [7, 11) is 0. The Bertz CT molecular complexity index is 1100. The van der Waals surface area contributed by atoms with E-state index in [-0.39, 0.29) is 35.9 Å². The molecule has 0 radical (unpaired) electrons. The summed E-state index contributed by atoms with van der Waals surface area (Å²) in [4.78, 5) is 46.7. The van der Waals surface area contributed by atoms with Crippen molar-refractivity contribution in [2.75, 3.05) is 18.8 Å². The molecule has 7 nitrogen and oxygen atoms in total. The molecule has 30 heavy (non-hydrogen) atoms. The number of carbonyl (C=O) groups is 3. The van der Waals surface area contributed by atoms with E-state index in [0.717, 1.165) is 36.8 Å². The Morgan fingerprint density at radius 3 is 2.87 bits per heavy atom. The Balaban J connectivity index is 1.25. The fraction of sp³-hybridized carbons (Fsp3) is 0.150. The minimum absolute atomic E-state index is 0.132. The van der Waals surface area contributed by atoms with E-state index in [0.29, 0.717) is 4.91 Å². The van der Waals surface area contributed by atoms with Gasteiger partial charge in [0.25, 0.3) is 11.1 Å². The van der Waals surface area contributed by atoms with Crippen molar-refractivity contribution in [2.45, 2.75) is 4.34 Å². The lowest BCUT2D eigenvalue weighted by atomic mass is 10.2. The molecule has 0 atom stereocenters. The molecule has 1 aliphatic heterocycles. The normalized spacial score (nSPS) is 15.3. The zero-order chi connectivity index (χ0) is 20.9. The first-order valence-electron chi connectivity index (χ1n) is 9.00. The minimum atomic E-state index is -0.355. The third kappa shape index (κ3) is 4.89. The number of fused-ring (bicyclic) bond motifs is 1. The number of imide groups is 1. The van der Waals surface area contributed by atoms with Crippen molar-refractivity contribution in [3.8, 4) is 0 Å². The van der Waals surface area contributed by atoms with Crippen LogP contribution in [0.4, 0.5) is 4.79 Å². The van der Waals surface area contributed by atoms with Crippen molar-refractivity contribution in [3.63, 3.8) is 0 Å².